The van der Waals surface area contributed by atoms with Crippen molar-refractivity contribution in [1.29, 1.82) is 0 Å². The molecule has 2 aromatic rings. The van der Waals surface area contributed by atoms with E-state index in [9.17, 15) is 4.79 Å². The Morgan fingerprint density at radius 1 is 1.33 bits per heavy atom. The quantitative estimate of drug-likeness (QED) is 0.748. The average Bonchev–Trinajstić information content (AvgIpc) is 2.26. The van der Waals surface area contributed by atoms with Gasteiger partial charge in [-0.05, 0) is 18.6 Å². The molecular formula is C11H13ClN2O. The molecule has 0 aliphatic rings. The number of benzene rings is 1. The Balaban J connectivity index is 0.000000531. The molecule has 0 radical (unpaired) electrons. The van der Waals surface area contributed by atoms with Crippen molar-refractivity contribution in [2.24, 2.45) is 0 Å². The molecule has 80 valence electrons. The zero-order valence-corrected chi connectivity index (χ0v) is 9.72. The van der Waals surface area contributed by atoms with Gasteiger partial charge >= 0.3 is 0 Å². The molecular weight excluding hydrogens is 212 g/mol. The first-order chi connectivity index (χ1) is 7.20. The van der Waals surface area contributed by atoms with E-state index in [-0.39, 0.29) is 5.56 Å². The van der Waals surface area contributed by atoms with E-state index in [1.807, 2.05) is 26.8 Å². The molecule has 2 rings (SSSR count). The number of rotatable bonds is 0. The summed E-state index contributed by atoms with van der Waals surface area (Å²) in [6.45, 7) is 5.92. The molecule has 3 nitrogen and oxygen atoms in total. The zero-order valence-electron chi connectivity index (χ0n) is 8.97. The summed E-state index contributed by atoms with van der Waals surface area (Å²) in [5, 5.41) is 7.85. The van der Waals surface area contributed by atoms with E-state index in [1.165, 1.54) is 0 Å². The fourth-order valence-electron chi connectivity index (χ4n) is 1.31. The summed E-state index contributed by atoms with van der Waals surface area (Å²) in [6, 6.07) is 3.58. The number of H-pyrrole nitrogens is 1. The number of aromatic nitrogens is 2. The smallest absolute Gasteiger partial charge is 0.267 e. The molecule has 0 spiro atoms. The molecule has 1 heterocycles. The molecule has 4 heteroatoms. The van der Waals surface area contributed by atoms with Crippen LogP contribution in [0.3, 0.4) is 0 Å². The van der Waals surface area contributed by atoms with Crippen LogP contribution in [0.1, 0.15) is 19.4 Å². The lowest BCUT2D eigenvalue weighted by atomic mass is 10.1. The summed E-state index contributed by atoms with van der Waals surface area (Å²) >= 11 is 5.89. The Hall–Kier alpha value is -1.35. The van der Waals surface area contributed by atoms with Crippen molar-refractivity contribution in [3.8, 4) is 0 Å². The molecule has 0 amide bonds. The molecule has 0 saturated heterocycles. The van der Waals surface area contributed by atoms with Crippen LogP contribution in [-0.2, 0) is 0 Å². The highest BCUT2D eigenvalue weighted by molar-refractivity contribution is 6.35. The van der Waals surface area contributed by atoms with Crippen molar-refractivity contribution < 1.29 is 0 Å². The highest BCUT2D eigenvalue weighted by Crippen LogP contribution is 2.21. The fraction of sp³-hybridized carbons (Fsp3) is 0.273. The molecule has 0 fully saturated rings. The van der Waals surface area contributed by atoms with Crippen molar-refractivity contribution in [1.82, 2.24) is 10.2 Å². The predicted molar refractivity (Wildman–Crippen MR) is 63.5 cm³/mol. The first-order valence-electron chi connectivity index (χ1n) is 4.82. The van der Waals surface area contributed by atoms with Crippen LogP contribution in [0.15, 0.2) is 23.1 Å². The topological polar surface area (TPSA) is 45.8 Å². The van der Waals surface area contributed by atoms with Crippen LogP contribution in [0.25, 0.3) is 10.8 Å². The van der Waals surface area contributed by atoms with Crippen molar-refractivity contribution in [3.05, 3.63) is 39.3 Å². The van der Waals surface area contributed by atoms with Crippen LogP contribution in [0.5, 0.6) is 0 Å². The molecule has 1 aromatic heterocycles. The fourth-order valence-corrected chi connectivity index (χ4v) is 1.56. The minimum Gasteiger partial charge on any atom is -0.267 e. The van der Waals surface area contributed by atoms with Crippen molar-refractivity contribution in [2.45, 2.75) is 20.8 Å². The summed E-state index contributed by atoms with van der Waals surface area (Å²) < 4.78 is 0. The second kappa shape index (κ2) is 4.94. The maximum Gasteiger partial charge on any atom is 0.273 e. The van der Waals surface area contributed by atoms with Gasteiger partial charge in [0.15, 0.2) is 0 Å². The van der Waals surface area contributed by atoms with E-state index < -0.39 is 0 Å². The number of nitrogens with zero attached hydrogens (tertiary/aromatic N) is 1. The van der Waals surface area contributed by atoms with E-state index in [1.54, 1.807) is 12.3 Å². The van der Waals surface area contributed by atoms with Gasteiger partial charge in [0, 0.05) is 5.39 Å². The monoisotopic (exact) mass is 224 g/mol. The lowest BCUT2D eigenvalue weighted by molar-refractivity contribution is 1.01. The molecule has 0 saturated carbocycles. The molecule has 1 N–H and O–H groups in total. The third kappa shape index (κ3) is 2.18. The summed E-state index contributed by atoms with van der Waals surface area (Å²) in [5.41, 5.74) is 0.754. The lowest BCUT2D eigenvalue weighted by Gasteiger charge is -2.00. The standard InChI is InChI=1S/C9H7ClN2O.C2H6/c1-5-2-3-7(10)8-6(5)4-11-12-9(8)13;1-2/h2-4H,1H3,(H,12,13);1-2H3. The van der Waals surface area contributed by atoms with E-state index >= 15 is 0 Å². The summed E-state index contributed by atoms with van der Waals surface area (Å²) in [4.78, 5) is 11.3. The van der Waals surface area contributed by atoms with E-state index in [0.29, 0.717) is 10.4 Å². The number of hydrogen-bond donors (Lipinski definition) is 1. The van der Waals surface area contributed by atoms with Crippen molar-refractivity contribution in [2.75, 3.05) is 0 Å². The van der Waals surface area contributed by atoms with Gasteiger partial charge in [0.1, 0.15) is 0 Å². The summed E-state index contributed by atoms with van der Waals surface area (Å²) in [7, 11) is 0. The zero-order chi connectivity index (χ0) is 11.4. The molecule has 0 bridgehead atoms. The Kier molecular flexibility index (Phi) is 3.86. The van der Waals surface area contributed by atoms with Gasteiger partial charge in [0.2, 0.25) is 0 Å². The number of nitrogens with one attached hydrogen (secondary N) is 1. The largest absolute Gasteiger partial charge is 0.273 e. The van der Waals surface area contributed by atoms with Crippen LogP contribution in [0.2, 0.25) is 5.02 Å². The number of fused-ring (bicyclic) bond motifs is 1. The first kappa shape index (κ1) is 11.7. The Morgan fingerprint density at radius 2 is 2.00 bits per heavy atom. The van der Waals surface area contributed by atoms with Crippen LogP contribution < -0.4 is 5.56 Å². The normalized spacial score (nSPS) is 9.60. The summed E-state index contributed by atoms with van der Waals surface area (Å²) in [5.74, 6) is 0. The van der Waals surface area contributed by atoms with Crippen LogP contribution in [0, 0.1) is 6.92 Å². The van der Waals surface area contributed by atoms with E-state index in [2.05, 4.69) is 10.2 Å². The lowest BCUT2D eigenvalue weighted by Crippen LogP contribution is -2.08. The van der Waals surface area contributed by atoms with E-state index in [0.717, 1.165) is 10.9 Å². The van der Waals surface area contributed by atoms with Gasteiger partial charge in [-0.15, -0.1) is 0 Å². The maximum absolute atomic E-state index is 11.3. The summed E-state index contributed by atoms with van der Waals surface area (Å²) in [6.07, 6.45) is 1.61. The van der Waals surface area contributed by atoms with Gasteiger partial charge in [-0.2, -0.15) is 5.10 Å². The third-order valence-electron chi connectivity index (χ3n) is 2.00. The molecule has 0 aliphatic carbocycles. The second-order valence-electron chi connectivity index (χ2n) is 2.85. The van der Waals surface area contributed by atoms with Crippen LogP contribution in [0.4, 0.5) is 0 Å². The number of aryl methyl sites for hydroxylation is 1. The average molecular weight is 225 g/mol. The maximum atomic E-state index is 11.3. The van der Waals surface area contributed by atoms with Crippen LogP contribution >= 0.6 is 11.6 Å². The predicted octanol–water partition coefficient (Wildman–Crippen LogP) is 2.91. The SMILES string of the molecule is CC.Cc1ccc(Cl)c2c(=O)[nH]ncc12. The molecule has 1 aromatic carbocycles. The van der Waals surface area contributed by atoms with Crippen LogP contribution in [-0.4, -0.2) is 10.2 Å². The van der Waals surface area contributed by atoms with Gasteiger partial charge in [0.25, 0.3) is 5.56 Å². The van der Waals surface area contributed by atoms with Gasteiger partial charge < -0.3 is 0 Å². The minimum atomic E-state index is -0.244. The van der Waals surface area contributed by atoms with Gasteiger partial charge in [0.05, 0.1) is 16.6 Å². The molecule has 0 aliphatic heterocycles. The molecule has 0 atom stereocenters. The van der Waals surface area contributed by atoms with Crippen molar-refractivity contribution in [3.63, 3.8) is 0 Å². The number of hydrogen-bond acceptors (Lipinski definition) is 2. The third-order valence-corrected chi connectivity index (χ3v) is 2.31. The molecule has 15 heavy (non-hydrogen) atoms. The van der Waals surface area contributed by atoms with Gasteiger partial charge in [-0.3, -0.25) is 4.79 Å². The van der Waals surface area contributed by atoms with E-state index in [4.69, 9.17) is 11.6 Å². The first-order valence-corrected chi connectivity index (χ1v) is 5.20. The Morgan fingerprint density at radius 3 is 2.60 bits per heavy atom. The van der Waals surface area contributed by atoms with Crippen molar-refractivity contribution >= 4 is 22.4 Å². The number of halogens is 1. The Labute approximate surface area is 93.1 Å². The highest BCUT2D eigenvalue weighted by atomic mass is 35.5. The minimum absolute atomic E-state index is 0.244. The second-order valence-corrected chi connectivity index (χ2v) is 3.26. The number of aromatic amines is 1. The Bertz CT molecular complexity index is 519. The molecule has 0 unspecified atom stereocenters. The van der Waals surface area contributed by atoms with Gasteiger partial charge in [-0.1, -0.05) is 31.5 Å². The highest BCUT2D eigenvalue weighted by Gasteiger charge is 2.05. The van der Waals surface area contributed by atoms with Gasteiger partial charge in [-0.25, -0.2) is 5.10 Å².